The van der Waals surface area contributed by atoms with Crippen LogP contribution >= 0.6 is 0 Å². The zero-order chi connectivity index (χ0) is 11.1. The van der Waals surface area contributed by atoms with Crippen LogP contribution in [0.5, 0.6) is 0 Å². The number of carbonyl (C=O) groups excluding carboxylic acids is 1. The molecule has 0 bridgehead atoms. The summed E-state index contributed by atoms with van der Waals surface area (Å²) in [6.07, 6.45) is 1.33. The molecule has 0 aliphatic heterocycles. The minimum atomic E-state index is -0.726. The van der Waals surface area contributed by atoms with Crippen LogP contribution in [0.3, 0.4) is 0 Å². The van der Waals surface area contributed by atoms with E-state index < -0.39 is 10.9 Å². The minimum Gasteiger partial charge on any atom is -0.457 e. The zero-order valence-electron chi connectivity index (χ0n) is 7.83. The number of hydrogen-bond donors (Lipinski definition) is 0. The standard InChI is InChI=1S/C10H9NO4/c12-10(6-7-11(13)14)15-8-9-4-2-1-3-5-9/h1-7H,8H2. The van der Waals surface area contributed by atoms with Crippen molar-refractivity contribution in [3.05, 3.63) is 58.3 Å². The summed E-state index contributed by atoms with van der Waals surface area (Å²) in [4.78, 5) is 20.1. The Labute approximate surface area is 86.1 Å². The molecule has 0 aliphatic carbocycles. The second kappa shape index (κ2) is 5.54. The Balaban J connectivity index is 2.38. The van der Waals surface area contributed by atoms with Gasteiger partial charge in [0.15, 0.2) is 0 Å². The number of nitrogens with zero attached hydrogens (tertiary/aromatic N) is 1. The lowest BCUT2D eigenvalue weighted by molar-refractivity contribution is -0.402. The Morgan fingerprint density at radius 1 is 1.40 bits per heavy atom. The van der Waals surface area contributed by atoms with Crippen molar-refractivity contribution in [2.45, 2.75) is 6.61 Å². The quantitative estimate of drug-likeness (QED) is 0.325. The molecule has 1 rings (SSSR count). The SMILES string of the molecule is O=C(C=C[N+](=O)[O-])OCc1ccccc1. The Bertz CT molecular complexity index is 372. The first-order valence-electron chi connectivity index (χ1n) is 4.21. The largest absolute Gasteiger partial charge is 0.457 e. The summed E-state index contributed by atoms with van der Waals surface area (Å²) in [5.74, 6) is -0.726. The Morgan fingerprint density at radius 2 is 2.07 bits per heavy atom. The van der Waals surface area contributed by atoms with Gasteiger partial charge in [-0.15, -0.1) is 0 Å². The molecule has 78 valence electrons. The van der Waals surface area contributed by atoms with Gasteiger partial charge < -0.3 is 4.74 Å². The molecule has 5 heteroatoms. The third kappa shape index (κ3) is 4.56. The van der Waals surface area contributed by atoms with E-state index in [-0.39, 0.29) is 6.61 Å². The third-order valence-corrected chi connectivity index (χ3v) is 1.56. The predicted molar refractivity (Wildman–Crippen MR) is 52.4 cm³/mol. The van der Waals surface area contributed by atoms with Crippen LogP contribution in [0.15, 0.2) is 42.6 Å². The third-order valence-electron chi connectivity index (χ3n) is 1.56. The van der Waals surface area contributed by atoms with Crippen LogP contribution in [0.25, 0.3) is 0 Å². The number of esters is 1. The van der Waals surface area contributed by atoms with Gasteiger partial charge in [-0.3, -0.25) is 10.1 Å². The summed E-state index contributed by atoms with van der Waals surface area (Å²) in [6.45, 7) is 0.113. The smallest absolute Gasteiger partial charge is 0.337 e. The summed E-state index contributed by atoms with van der Waals surface area (Å²) in [6, 6.07) is 9.07. The molecular formula is C10H9NO4. The van der Waals surface area contributed by atoms with Crippen molar-refractivity contribution < 1.29 is 14.5 Å². The van der Waals surface area contributed by atoms with Gasteiger partial charge in [-0.05, 0) is 5.56 Å². The van der Waals surface area contributed by atoms with Gasteiger partial charge in [0.1, 0.15) is 6.61 Å². The Kier molecular flexibility index (Phi) is 4.03. The number of rotatable bonds is 4. The maximum atomic E-state index is 10.9. The fraction of sp³-hybridized carbons (Fsp3) is 0.100. The highest BCUT2D eigenvalue weighted by atomic mass is 16.6. The van der Waals surface area contributed by atoms with Gasteiger partial charge >= 0.3 is 5.97 Å². The molecule has 1 aromatic rings. The van der Waals surface area contributed by atoms with E-state index in [1.807, 2.05) is 18.2 Å². The van der Waals surface area contributed by atoms with Crippen LogP contribution in [0, 0.1) is 10.1 Å². The first kappa shape index (κ1) is 10.9. The van der Waals surface area contributed by atoms with Crippen molar-refractivity contribution in [2.24, 2.45) is 0 Å². The van der Waals surface area contributed by atoms with Crippen molar-refractivity contribution in [2.75, 3.05) is 0 Å². The highest BCUT2D eigenvalue weighted by molar-refractivity contribution is 5.81. The summed E-state index contributed by atoms with van der Waals surface area (Å²) in [5.41, 5.74) is 0.834. The fourth-order valence-electron chi connectivity index (χ4n) is 0.899. The molecule has 0 saturated heterocycles. The van der Waals surface area contributed by atoms with Crippen molar-refractivity contribution in [1.82, 2.24) is 0 Å². The number of nitro groups is 1. The van der Waals surface area contributed by atoms with E-state index in [1.54, 1.807) is 12.1 Å². The first-order chi connectivity index (χ1) is 7.18. The molecule has 0 radical (unpaired) electrons. The summed E-state index contributed by atoms with van der Waals surface area (Å²) in [5, 5.41) is 9.89. The van der Waals surface area contributed by atoms with Crippen molar-refractivity contribution in [3.63, 3.8) is 0 Å². The van der Waals surface area contributed by atoms with Gasteiger partial charge in [-0.1, -0.05) is 30.3 Å². The maximum Gasteiger partial charge on any atom is 0.337 e. The molecule has 5 nitrogen and oxygen atoms in total. The Hall–Kier alpha value is -2.17. The van der Waals surface area contributed by atoms with E-state index in [9.17, 15) is 14.9 Å². The molecule has 1 aromatic carbocycles. The van der Waals surface area contributed by atoms with E-state index in [0.29, 0.717) is 6.20 Å². The van der Waals surface area contributed by atoms with Gasteiger partial charge in [0.25, 0.3) is 0 Å². The molecular weight excluding hydrogens is 198 g/mol. The van der Waals surface area contributed by atoms with E-state index in [0.717, 1.165) is 11.6 Å². The molecule has 15 heavy (non-hydrogen) atoms. The van der Waals surface area contributed by atoms with Gasteiger partial charge in [0.05, 0.1) is 11.0 Å². The normalized spacial score (nSPS) is 10.1. The highest BCUT2D eigenvalue weighted by Gasteiger charge is 1.99. The maximum absolute atomic E-state index is 10.9. The fourth-order valence-corrected chi connectivity index (χ4v) is 0.899. The molecule has 0 aromatic heterocycles. The van der Waals surface area contributed by atoms with Crippen LogP contribution in [0.4, 0.5) is 0 Å². The number of ether oxygens (including phenoxy) is 1. The van der Waals surface area contributed by atoms with E-state index in [1.165, 1.54) is 0 Å². The molecule has 0 fully saturated rings. The van der Waals surface area contributed by atoms with Crippen molar-refractivity contribution >= 4 is 5.97 Å². The molecule has 0 spiro atoms. The molecule has 0 unspecified atom stereocenters. The van der Waals surface area contributed by atoms with Gasteiger partial charge in [0.2, 0.25) is 6.20 Å². The van der Waals surface area contributed by atoms with E-state index in [4.69, 9.17) is 4.74 Å². The van der Waals surface area contributed by atoms with Gasteiger partial charge in [-0.2, -0.15) is 0 Å². The average Bonchev–Trinajstić information content (AvgIpc) is 2.25. The molecule has 0 heterocycles. The highest BCUT2D eigenvalue weighted by Crippen LogP contribution is 2.00. The average molecular weight is 207 g/mol. The van der Waals surface area contributed by atoms with Gasteiger partial charge in [-0.25, -0.2) is 4.79 Å². The van der Waals surface area contributed by atoms with E-state index >= 15 is 0 Å². The van der Waals surface area contributed by atoms with Crippen molar-refractivity contribution in [3.8, 4) is 0 Å². The summed E-state index contributed by atoms with van der Waals surface area (Å²) in [7, 11) is 0. The lowest BCUT2D eigenvalue weighted by atomic mass is 10.2. The zero-order valence-corrected chi connectivity index (χ0v) is 7.83. The van der Waals surface area contributed by atoms with Crippen LogP contribution < -0.4 is 0 Å². The van der Waals surface area contributed by atoms with Crippen LogP contribution in [0.2, 0.25) is 0 Å². The molecule has 0 amide bonds. The number of hydrogen-bond acceptors (Lipinski definition) is 4. The lowest BCUT2D eigenvalue weighted by Gasteiger charge is -2.00. The van der Waals surface area contributed by atoms with Crippen LogP contribution in [-0.2, 0) is 16.1 Å². The molecule has 0 aliphatic rings. The van der Waals surface area contributed by atoms with Crippen LogP contribution in [-0.4, -0.2) is 10.9 Å². The first-order valence-corrected chi connectivity index (χ1v) is 4.21. The molecule has 0 atom stereocenters. The summed E-state index contributed by atoms with van der Waals surface area (Å²) >= 11 is 0. The predicted octanol–water partition coefficient (Wildman–Crippen LogP) is 1.52. The van der Waals surface area contributed by atoms with E-state index in [2.05, 4.69) is 0 Å². The number of benzene rings is 1. The Morgan fingerprint density at radius 3 is 2.67 bits per heavy atom. The van der Waals surface area contributed by atoms with Crippen molar-refractivity contribution in [1.29, 1.82) is 0 Å². The lowest BCUT2D eigenvalue weighted by Crippen LogP contribution is -2.01. The molecule has 0 saturated carbocycles. The monoisotopic (exact) mass is 207 g/mol. The topological polar surface area (TPSA) is 69.4 Å². The minimum absolute atomic E-state index is 0.113. The molecule has 0 N–H and O–H groups in total. The summed E-state index contributed by atoms with van der Waals surface area (Å²) < 4.78 is 4.75. The second-order valence-electron chi connectivity index (χ2n) is 2.69. The van der Waals surface area contributed by atoms with Crippen LogP contribution in [0.1, 0.15) is 5.56 Å². The second-order valence-corrected chi connectivity index (χ2v) is 2.69. The number of carbonyl (C=O) groups is 1. The van der Waals surface area contributed by atoms with Gasteiger partial charge in [0, 0.05) is 0 Å².